The predicted molar refractivity (Wildman–Crippen MR) is 105 cm³/mol. The lowest BCUT2D eigenvalue weighted by atomic mass is 9.99. The van der Waals surface area contributed by atoms with Crippen LogP contribution in [0.1, 0.15) is 37.0 Å². The molecule has 0 aliphatic carbocycles. The van der Waals surface area contributed by atoms with Gasteiger partial charge in [0.1, 0.15) is 23.7 Å². The maximum Gasteiger partial charge on any atom is 0.328 e. The van der Waals surface area contributed by atoms with Crippen LogP contribution in [-0.2, 0) is 23.3 Å². The molecule has 30 heavy (non-hydrogen) atoms. The van der Waals surface area contributed by atoms with Crippen LogP contribution in [0.3, 0.4) is 0 Å². The zero-order valence-electron chi connectivity index (χ0n) is 16.4. The highest BCUT2D eigenvalue weighted by Crippen LogP contribution is 2.38. The Morgan fingerprint density at radius 3 is 2.93 bits per heavy atom. The van der Waals surface area contributed by atoms with Crippen molar-refractivity contribution in [3.8, 4) is 0 Å². The van der Waals surface area contributed by atoms with E-state index in [1.165, 1.54) is 24.4 Å². The van der Waals surface area contributed by atoms with Crippen molar-refractivity contribution in [3.63, 3.8) is 0 Å². The number of carbonyl (C=O) groups is 1. The Morgan fingerprint density at radius 1 is 1.33 bits per heavy atom. The molecule has 4 rings (SSSR count). The number of aromatic nitrogens is 3. The van der Waals surface area contributed by atoms with E-state index < -0.39 is 16.8 Å². The van der Waals surface area contributed by atoms with Crippen LogP contribution in [0.5, 0.6) is 0 Å². The Labute approximate surface area is 171 Å². The lowest BCUT2D eigenvalue weighted by Gasteiger charge is -2.32. The van der Waals surface area contributed by atoms with E-state index >= 15 is 0 Å². The SMILES string of the molecule is C[C@]1(c2ncc(Cc3cccc(F)c3)o2)CCCN1C(=O)Cn1ccc(=O)[nH]c1=O. The van der Waals surface area contributed by atoms with Crippen molar-refractivity contribution in [1.82, 2.24) is 19.4 Å². The number of nitrogens with one attached hydrogen (secondary N) is 1. The van der Waals surface area contributed by atoms with E-state index in [0.29, 0.717) is 31.0 Å². The summed E-state index contributed by atoms with van der Waals surface area (Å²) in [5, 5.41) is 0. The molecule has 1 amide bonds. The lowest BCUT2D eigenvalue weighted by Crippen LogP contribution is -2.46. The molecule has 0 unspecified atom stereocenters. The minimum Gasteiger partial charge on any atom is -0.443 e. The van der Waals surface area contributed by atoms with E-state index in [0.717, 1.165) is 16.6 Å². The minimum atomic E-state index is -0.747. The van der Waals surface area contributed by atoms with Crippen molar-refractivity contribution in [2.24, 2.45) is 0 Å². The molecule has 3 heterocycles. The number of hydrogen-bond donors (Lipinski definition) is 1. The van der Waals surface area contributed by atoms with Crippen molar-refractivity contribution < 1.29 is 13.6 Å². The Balaban J connectivity index is 1.54. The maximum absolute atomic E-state index is 13.4. The second kappa shape index (κ2) is 7.74. The average Bonchev–Trinajstić information content (AvgIpc) is 3.32. The monoisotopic (exact) mass is 412 g/mol. The molecule has 0 radical (unpaired) electrons. The molecule has 2 aromatic heterocycles. The quantitative estimate of drug-likeness (QED) is 0.689. The standard InChI is InChI=1S/C21H21FN4O4/c1-21(19-23-12-16(30-19)11-14-4-2-5-15(22)10-14)7-3-8-26(21)18(28)13-25-9-6-17(27)24-20(25)29/h2,4-6,9-10,12H,3,7-8,11,13H2,1H3,(H,24,27,29)/t21-/m1/s1. The van der Waals surface area contributed by atoms with Crippen molar-refractivity contribution in [2.45, 2.75) is 38.3 Å². The number of carbonyl (C=O) groups excluding carboxylic acids is 1. The fourth-order valence-electron chi connectivity index (χ4n) is 3.87. The van der Waals surface area contributed by atoms with E-state index in [-0.39, 0.29) is 18.3 Å². The molecule has 0 saturated carbocycles. The number of rotatable bonds is 5. The summed E-state index contributed by atoms with van der Waals surface area (Å²) >= 11 is 0. The molecule has 0 bridgehead atoms. The largest absolute Gasteiger partial charge is 0.443 e. The van der Waals surface area contributed by atoms with Gasteiger partial charge in [-0.15, -0.1) is 0 Å². The van der Waals surface area contributed by atoms with Gasteiger partial charge in [0, 0.05) is 25.2 Å². The Bertz CT molecular complexity index is 1200. The number of amides is 1. The molecule has 1 aliphatic heterocycles. The average molecular weight is 412 g/mol. The Kier molecular flexibility index (Phi) is 5.11. The van der Waals surface area contributed by atoms with Crippen molar-refractivity contribution in [1.29, 1.82) is 0 Å². The van der Waals surface area contributed by atoms with Crippen LogP contribution < -0.4 is 11.2 Å². The summed E-state index contributed by atoms with van der Waals surface area (Å²) in [5.41, 5.74) is -1.13. The van der Waals surface area contributed by atoms with Gasteiger partial charge >= 0.3 is 5.69 Å². The summed E-state index contributed by atoms with van der Waals surface area (Å²) in [7, 11) is 0. The van der Waals surface area contributed by atoms with E-state index in [4.69, 9.17) is 4.42 Å². The van der Waals surface area contributed by atoms with Crippen molar-refractivity contribution >= 4 is 5.91 Å². The third-order valence-electron chi connectivity index (χ3n) is 5.43. The number of H-pyrrole nitrogens is 1. The van der Waals surface area contributed by atoms with Crippen LogP contribution in [-0.4, -0.2) is 31.9 Å². The molecule has 3 aromatic rings. The normalized spacial score (nSPS) is 18.7. The van der Waals surface area contributed by atoms with Gasteiger partial charge in [-0.3, -0.25) is 19.1 Å². The van der Waals surface area contributed by atoms with Crippen LogP contribution in [0, 0.1) is 5.82 Å². The summed E-state index contributed by atoms with van der Waals surface area (Å²) in [5.74, 6) is 0.403. The third kappa shape index (κ3) is 3.83. The van der Waals surface area contributed by atoms with Crippen LogP contribution in [0.2, 0.25) is 0 Å². The molecule has 1 fully saturated rings. The van der Waals surface area contributed by atoms with E-state index in [2.05, 4.69) is 9.97 Å². The highest BCUT2D eigenvalue weighted by Gasteiger charge is 2.44. The molecule has 156 valence electrons. The molecule has 1 aromatic carbocycles. The molecular weight excluding hydrogens is 391 g/mol. The molecular formula is C21H21FN4O4. The van der Waals surface area contributed by atoms with E-state index in [9.17, 15) is 18.8 Å². The number of hydrogen-bond acceptors (Lipinski definition) is 5. The topological polar surface area (TPSA) is 101 Å². The molecule has 1 atom stereocenters. The number of halogens is 1. The fraction of sp³-hybridized carbons (Fsp3) is 0.333. The lowest BCUT2D eigenvalue weighted by molar-refractivity contribution is -0.136. The first-order chi connectivity index (χ1) is 14.3. The first-order valence-corrected chi connectivity index (χ1v) is 9.65. The van der Waals surface area contributed by atoms with Crippen molar-refractivity contribution in [2.75, 3.05) is 6.54 Å². The van der Waals surface area contributed by atoms with Gasteiger partial charge in [-0.25, -0.2) is 14.2 Å². The summed E-state index contributed by atoms with van der Waals surface area (Å²) in [6, 6.07) is 7.47. The number of benzene rings is 1. The first kappa shape index (κ1) is 19.8. The van der Waals surface area contributed by atoms with Gasteiger partial charge in [-0.2, -0.15) is 0 Å². The van der Waals surface area contributed by atoms with Gasteiger partial charge in [0.2, 0.25) is 11.8 Å². The molecule has 8 nitrogen and oxygen atoms in total. The molecule has 1 N–H and O–H groups in total. The van der Waals surface area contributed by atoms with Crippen LogP contribution >= 0.6 is 0 Å². The van der Waals surface area contributed by atoms with Gasteiger partial charge < -0.3 is 9.32 Å². The molecule has 1 saturated heterocycles. The second-order valence-electron chi connectivity index (χ2n) is 7.60. The summed E-state index contributed by atoms with van der Waals surface area (Å²) in [4.78, 5) is 44.2. The number of aromatic amines is 1. The van der Waals surface area contributed by atoms with Crippen LogP contribution in [0.4, 0.5) is 4.39 Å². The maximum atomic E-state index is 13.4. The van der Waals surface area contributed by atoms with Gasteiger partial charge in [0.05, 0.1) is 6.20 Å². The number of nitrogens with zero attached hydrogens (tertiary/aromatic N) is 3. The Morgan fingerprint density at radius 2 is 2.17 bits per heavy atom. The molecule has 9 heteroatoms. The second-order valence-corrected chi connectivity index (χ2v) is 7.60. The summed E-state index contributed by atoms with van der Waals surface area (Å²) < 4.78 is 20.5. The number of likely N-dealkylation sites (tertiary alicyclic amines) is 1. The first-order valence-electron chi connectivity index (χ1n) is 9.65. The Hall–Kier alpha value is -3.49. The fourth-order valence-corrected chi connectivity index (χ4v) is 3.87. The zero-order chi connectivity index (χ0) is 21.3. The van der Waals surface area contributed by atoms with Crippen molar-refractivity contribution in [3.05, 3.63) is 86.6 Å². The van der Waals surface area contributed by atoms with Gasteiger partial charge in [0.15, 0.2) is 0 Å². The predicted octanol–water partition coefficient (Wildman–Crippen LogP) is 1.79. The molecule has 0 spiro atoms. The van der Waals surface area contributed by atoms with Gasteiger partial charge in [0.25, 0.3) is 5.56 Å². The summed E-state index contributed by atoms with van der Waals surface area (Å²) in [6.07, 6.45) is 4.72. The number of oxazole rings is 1. The summed E-state index contributed by atoms with van der Waals surface area (Å²) in [6.45, 7) is 2.20. The smallest absolute Gasteiger partial charge is 0.328 e. The molecule has 1 aliphatic rings. The highest BCUT2D eigenvalue weighted by atomic mass is 19.1. The minimum absolute atomic E-state index is 0.192. The van der Waals surface area contributed by atoms with Crippen LogP contribution in [0.15, 0.2) is 56.7 Å². The zero-order valence-corrected chi connectivity index (χ0v) is 16.4. The highest BCUT2D eigenvalue weighted by molar-refractivity contribution is 5.77. The van der Waals surface area contributed by atoms with E-state index in [1.807, 2.05) is 6.92 Å². The van der Waals surface area contributed by atoms with Gasteiger partial charge in [-0.1, -0.05) is 12.1 Å². The van der Waals surface area contributed by atoms with E-state index in [1.54, 1.807) is 23.2 Å². The van der Waals surface area contributed by atoms with Crippen LogP contribution in [0.25, 0.3) is 0 Å². The third-order valence-corrected chi connectivity index (χ3v) is 5.43. The van der Waals surface area contributed by atoms with Gasteiger partial charge in [-0.05, 0) is 37.5 Å².